The maximum absolute atomic E-state index is 11.2. The molecule has 0 aromatic heterocycles. The molecule has 0 aliphatic carbocycles. The monoisotopic (exact) mass is 252 g/mol. The summed E-state index contributed by atoms with van der Waals surface area (Å²) >= 11 is 0. The van der Waals surface area contributed by atoms with Crippen molar-refractivity contribution in [2.24, 2.45) is 11.8 Å². The zero-order chi connectivity index (χ0) is 12.7. The predicted molar refractivity (Wildman–Crippen MR) is 69.5 cm³/mol. The molecule has 18 heavy (non-hydrogen) atoms. The molecule has 3 fully saturated rings. The van der Waals surface area contributed by atoms with Crippen molar-refractivity contribution in [1.29, 1.82) is 0 Å². The molecule has 4 atom stereocenters. The van der Waals surface area contributed by atoms with Crippen molar-refractivity contribution in [2.45, 2.75) is 44.7 Å². The molecule has 3 aliphatic heterocycles. The molecule has 2 unspecified atom stereocenters. The summed E-state index contributed by atoms with van der Waals surface area (Å²) in [6, 6.07) is 1.33. The van der Waals surface area contributed by atoms with E-state index in [0.717, 1.165) is 13.1 Å². The van der Waals surface area contributed by atoms with Crippen molar-refractivity contribution in [3.8, 4) is 0 Å². The van der Waals surface area contributed by atoms with Gasteiger partial charge in [-0.25, -0.2) is 0 Å². The van der Waals surface area contributed by atoms with E-state index in [4.69, 9.17) is 0 Å². The average molecular weight is 252 g/mol. The van der Waals surface area contributed by atoms with E-state index in [1.165, 1.54) is 38.8 Å². The minimum Gasteiger partial charge on any atom is -0.481 e. The second kappa shape index (κ2) is 4.82. The fourth-order valence-corrected chi connectivity index (χ4v) is 4.24. The number of hydrogen-bond donors (Lipinski definition) is 1. The van der Waals surface area contributed by atoms with Gasteiger partial charge >= 0.3 is 5.97 Å². The largest absolute Gasteiger partial charge is 0.481 e. The average Bonchev–Trinajstić information content (AvgIpc) is 2.92. The fourth-order valence-electron chi connectivity index (χ4n) is 4.24. The van der Waals surface area contributed by atoms with Crippen molar-refractivity contribution < 1.29 is 9.90 Å². The van der Waals surface area contributed by atoms with Crippen LogP contribution in [0, 0.1) is 11.8 Å². The van der Waals surface area contributed by atoms with E-state index in [2.05, 4.69) is 16.7 Å². The Morgan fingerprint density at radius 1 is 1.06 bits per heavy atom. The van der Waals surface area contributed by atoms with Crippen molar-refractivity contribution >= 4 is 5.97 Å². The summed E-state index contributed by atoms with van der Waals surface area (Å²) in [6.07, 6.45) is 5.25. The van der Waals surface area contributed by atoms with Gasteiger partial charge in [0.25, 0.3) is 0 Å². The van der Waals surface area contributed by atoms with Gasteiger partial charge in [0.15, 0.2) is 0 Å². The third kappa shape index (κ3) is 2.05. The molecule has 3 saturated heterocycles. The van der Waals surface area contributed by atoms with E-state index < -0.39 is 5.97 Å². The number of hydrogen-bond acceptors (Lipinski definition) is 3. The van der Waals surface area contributed by atoms with Crippen LogP contribution in [0.2, 0.25) is 0 Å². The van der Waals surface area contributed by atoms with Crippen LogP contribution in [0.5, 0.6) is 0 Å². The van der Waals surface area contributed by atoms with Crippen molar-refractivity contribution in [3.63, 3.8) is 0 Å². The van der Waals surface area contributed by atoms with Gasteiger partial charge in [-0.3, -0.25) is 14.6 Å². The number of nitrogens with zero attached hydrogens (tertiary/aromatic N) is 2. The lowest BCUT2D eigenvalue weighted by Gasteiger charge is -2.36. The topological polar surface area (TPSA) is 43.8 Å². The quantitative estimate of drug-likeness (QED) is 0.803. The summed E-state index contributed by atoms with van der Waals surface area (Å²) in [4.78, 5) is 16.3. The summed E-state index contributed by atoms with van der Waals surface area (Å²) in [5.41, 5.74) is 0. The maximum Gasteiger partial charge on any atom is 0.308 e. The number of carboxylic acid groups (broad SMARTS) is 1. The van der Waals surface area contributed by atoms with Crippen LogP contribution in [0.25, 0.3) is 0 Å². The van der Waals surface area contributed by atoms with Crippen molar-refractivity contribution in [1.82, 2.24) is 9.80 Å². The minimum atomic E-state index is -0.608. The highest BCUT2D eigenvalue weighted by Crippen LogP contribution is 2.34. The zero-order valence-corrected chi connectivity index (χ0v) is 11.2. The lowest BCUT2D eigenvalue weighted by atomic mass is 9.98. The molecule has 3 rings (SSSR count). The summed E-state index contributed by atoms with van der Waals surface area (Å²) < 4.78 is 0. The van der Waals surface area contributed by atoms with Crippen LogP contribution in [0.15, 0.2) is 0 Å². The molecule has 0 bridgehead atoms. The molecule has 0 aromatic rings. The smallest absolute Gasteiger partial charge is 0.308 e. The maximum atomic E-state index is 11.2. The number of carboxylic acids is 1. The number of fused-ring (bicyclic) bond motifs is 1. The first kappa shape index (κ1) is 12.4. The van der Waals surface area contributed by atoms with E-state index in [9.17, 15) is 9.90 Å². The zero-order valence-electron chi connectivity index (χ0n) is 11.2. The van der Waals surface area contributed by atoms with Gasteiger partial charge in [-0.15, -0.1) is 0 Å². The Labute approximate surface area is 109 Å². The van der Waals surface area contributed by atoms with Crippen LogP contribution in [0.1, 0.15) is 32.6 Å². The molecular formula is C14H24N2O2. The van der Waals surface area contributed by atoms with Gasteiger partial charge in [-0.1, -0.05) is 13.3 Å². The Morgan fingerprint density at radius 2 is 1.83 bits per heavy atom. The number of carbonyl (C=O) groups is 1. The van der Waals surface area contributed by atoms with Gasteiger partial charge in [0.05, 0.1) is 5.92 Å². The Hall–Kier alpha value is -0.610. The molecule has 4 heteroatoms. The minimum absolute atomic E-state index is 0.150. The number of likely N-dealkylation sites (tertiary alicyclic amines) is 1. The SMILES string of the molecule is C[C@@H]1CN(C2CCN3CCCCC23)C[C@H]1C(=O)O. The lowest BCUT2D eigenvalue weighted by Crippen LogP contribution is -2.46. The van der Waals surface area contributed by atoms with Gasteiger partial charge in [0.1, 0.15) is 0 Å². The highest BCUT2D eigenvalue weighted by Gasteiger charge is 2.44. The lowest BCUT2D eigenvalue weighted by molar-refractivity contribution is -0.142. The molecule has 4 nitrogen and oxygen atoms in total. The normalized spacial score (nSPS) is 42.1. The van der Waals surface area contributed by atoms with Crippen LogP contribution in [0.4, 0.5) is 0 Å². The first-order valence-corrected chi connectivity index (χ1v) is 7.37. The third-order valence-corrected chi connectivity index (χ3v) is 5.25. The molecule has 0 amide bonds. The summed E-state index contributed by atoms with van der Waals surface area (Å²) in [5.74, 6) is -0.453. The summed E-state index contributed by atoms with van der Waals surface area (Å²) in [6.45, 7) is 6.31. The highest BCUT2D eigenvalue weighted by atomic mass is 16.4. The van der Waals surface area contributed by atoms with E-state index in [0.29, 0.717) is 18.0 Å². The standard InChI is InChI=1S/C14H24N2O2/c1-10-8-16(9-11(10)14(17)18)13-5-7-15-6-3-2-4-12(13)15/h10-13H,2-9H2,1H3,(H,17,18)/t10-,11-,12?,13?/m1/s1. The van der Waals surface area contributed by atoms with Crippen LogP contribution in [-0.2, 0) is 4.79 Å². The first-order chi connectivity index (χ1) is 8.66. The Kier molecular flexibility index (Phi) is 3.32. The Balaban J connectivity index is 1.67. The Morgan fingerprint density at radius 3 is 2.56 bits per heavy atom. The molecular weight excluding hydrogens is 228 g/mol. The summed E-state index contributed by atoms with van der Waals surface area (Å²) in [7, 11) is 0. The molecule has 3 heterocycles. The van der Waals surface area contributed by atoms with Crippen LogP contribution < -0.4 is 0 Å². The number of aliphatic carboxylic acids is 1. The predicted octanol–water partition coefficient (Wildman–Crippen LogP) is 1.27. The number of piperidine rings is 1. The fraction of sp³-hybridized carbons (Fsp3) is 0.929. The molecule has 1 N–H and O–H groups in total. The third-order valence-electron chi connectivity index (χ3n) is 5.25. The molecule has 0 spiro atoms. The highest BCUT2D eigenvalue weighted by molar-refractivity contribution is 5.71. The molecule has 0 radical (unpaired) electrons. The summed E-state index contributed by atoms with van der Waals surface area (Å²) in [5, 5.41) is 9.24. The van der Waals surface area contributed by atoms with Crippen LogP contribution in [0.3, 0.4) is 0 Å². The second-order valence-corrected chi connectivity index (χ2v) is 6.33. The van der Waals surface area contributed by atoms with Crippen LogP contribution >= 0.6 is 0 Å². The number of rotatable bonds is 2. The van der Waals surface area contributed by atoms with E-state index in [-0.39, 0.29) is 5.92 Å². The van der Waals surface area contributed by atoms with Gasteiger partial charge in [0, 0.05) is 31.7 Å². The Bertz CT molecular complexity index is 334. The second-order valence-electron chi connectivity index (χ2n) is 6.33. The first-order valence-electron chi connectivity index (χ1n) is 7.37. The van der Waals surface area contributed by atoms with E-state index >= 15 is 0 Å². The van der Waals surface area contributed by atoms with E-state index in [1.807, 2.05) is 0 Å². The van der Waals surface area contributed by atoms with Crippen molar-refractivity contribution in [3.05, 3.63) is 0 Å². The van der Waals surface area contributed by atoms with Crippen LogP contribution in [-0.4, -0.2) is 59.1 Å². The molecule has 102 valence electrons. The van der Waals surface area contributed by atoms with Crippen molar-refractivity contribution in [2.75, 3.05) is 26.2 Å². The van der Waals surface area contributed by atoms with Gasteiger partial charge in [0.2, 0.25) is 0 Å². The van der Waals surface area contributed by atoms with Gasteiger partial charge in [-0.2, -0.15) is 0 Å². The van der Waals surface area contributed by atoms with E-state index in [1.54, 1.807) is 0 Å². The molecule has 0 saturated carbocycles. The van der Waals surface area contributed by atoms with Gasteiger partial charge < -0.3 is 5.11 Å². The molecule has 0 aromatic carbocycles. The molecule has 3 aliphatic rings. The van der Waals surface area contributed by atoms with Gasteiger partial charge in [-0.05, 0) is 31.7 Å².